The number of benzene rings is 1. The Balaban J connectivity index is 1.68. The van der Waals surface area contributed by atoms with Crippen molar-refractivity contribution in [3.63, 3.8) is 0 Å². The highest BCUT2D eigenvalue weighted by molar-refractivity contribution is 6.33. The standard InChI is InChI=1S/C26H31ClN4O4/c1-15(2)23(30-25(33)19-11-7-8-12-21(19)27)26(34)35-14-22(32)29-24-20(13-28)16(3)17(4)31(24)18-9-5-6-10-18/h7-8,11-12,15,18,23H,5-6,9-10,14H2,1-4H3,(H,29,32)(H,30,33)/t23-/m0/s1. The molecule has 3 rings (SSSR count). The summed E-state index contributed by atoms with van der Waals surface area (Å²) in [6.45, 7) is 6.79. The maximum absolute atomic E-state index is 12.7. The molecule has 1 fully saturated rings. The Morgan fingerprint density at radius 1 is 1.20 bits per heavy atom. The number of esters is 1. The Hall–Kier alpha value is -3.31. The first-order valence-electron chi connectivity index (χ1n) is 11.8. The molecule has 0 saturated heterocycles. The molecule has 2 N–H and O–H groups in total. The van der Waals surface area contributed by atoms with Gasteiger partial charge in [-0.3, -0.25) is 9.59 Å². The second kappa shape index (κ2) is 11.4. The number of aromatic nitrogens is 1. The Labute approximate surface area is 210 Å². The van der Waals surface area contributed by atoms with Crippen LogP contribution in [0.2, 0.25) is 5.02 Å². The van der Waals surface area contributed by atoms with Gasteiger partial charge >= 0.3 is 5.97 Å². The number of rotatable bonds is 8. The molecule has 0 aliphatic heterocycles. The zero-order chi connectivity index (χ0) is 25.7. The molecule has 186 valence electrons. The topological polar surface area (TPSA) is 113 Å². The summed E-state index contributed by atoms with van der Waals surface area (Å²) in [5.74, 6) is -1.62. The van der Waals surface area contributed by atoms with Crippen LogP contribution in [0.25, 0.3) is 0 Å². The molecule has 1 aromatic heterocycles. The number of hydrogen-bond donors (Lipinski definition) is 2. The van der Waals surface area contributed by atoms with E-state index in [4.69, 9.17) is 16.3 Å². The highest BCUT2D eigenvalue weighted by Gasteiger charge is 2.29. The third kappa shape index (κ3) is 5.85. The largest absolute Gasteiger partial charge is 0.454 e. The molecule has 0 bridgehead atoms. The van der Waals surface area contributed by atoms with Gasteiger partial charge in [0.15, 0.2) is 6.61 Å². The van der Waals surface area contributed by atoms with Crippen molar-refractivity contribution in [2.75, 3.05) is 11.9 Å². The fourth-order valence-corrected chi connectivity index (χ4v) is 4.68. The molecule has 9 heteroatoms. The van der Waals surface area contributed by atoms with Gasteiger partial charge in [-0.25, -0.2) is 4.79 Å². The summed E-state index contributed by atoms with van der Waals surface area (Å²) < 4.78 is 7.28. The molecule has 35 heavy (non-hydrogen) atoms. The number of halogens is 1. The molecule has 1 aromatic carbocycles. The Morgan fingerprint density at radius 3 is 2.46 bits per heavy atom. The predicted octanol–water partition coefficient (Wildman–Crippen LogP) is 4.68. The first kappa shape index (κ1) is 26.3. The van der Waals surface area contributed by atoms with Gasteiger partial charge in [0.05, 0.1) is 16.1 Å². The molecule has 1 heterocycles. The van der Waals surface area contributed by atoms with Gasteiger partial charge in [0.2, 0.25) is 0 Å². The number of anilines is 1. The summed E-state index contributed by atoms with van der Waals surface area (Å²) in [5, 5.41) is 15.4. The van der Waals surface area contributed by atoms with Crippen LogP contribution >= 0.6 is 11.6 Å². The van der Waals surface area contributed by atoms with Crippen LogP contribution in [0.5, 0.6) is 0 Å². The minimum absolute atomic E-state index is 0.221. The normalized spacial score (nSPS) is 14.4. The van der Waals surface area contributed by atoms with Crippen LogP contribution in [0.3, 0.4) is 0 Å². The van der Waals surface area contributed by atoms with Crippen molar-refractivity contribution in [1.29, 1.82) is 5.26 Å². The molecule has 1 atom stereocenters. The van der Waals surface area contributed by atoms with Crippen LogP contribution in [-0.2, 0) is 14.3 Å². The Kier molecular flexibility index (Phi) is 8.57. The number of hydrogen-bond acceptors (Lipinski definition) is 5. The molecule has 1 aliphatic carbocycles. The van der Waals surface area contributed by atoms with Gasteiger partial charge in [-0.1, -0.05) is 50.4 Å². The molecule has 2 aromatic rings. The number of nitrogens with one attached hydrogen (secondary N) is 2. The van der Waals surface area contributed by atoms with Gasteiger partial charge in [0.1, 0.15) is 17.9 Å². The summed E-state index contributed by atoms with van der Waals surface area (Å²) in [5.41, 5.74) is 2.44. The van der Waals surface area contributed by atoms with E-state index in [9.17, 15) is 19.6 Å². The van der Waals surface area contributed by atoms with Crippen molar-refractivity contribution in [2.24, 2.45) is 5.92 Å². The molecule has 0 spiro atoms. The summed E-state index contributed by atoms with van der Waals surface area (Å²) in [4.78, 5) is 38.1. The van der Waals surface area contributed by atoms with E-state index in [0.29, 0.717) is 11.4 Å². The number of ether oxygens (including phenoxy) is 1. The van der Waals surface area contributed by atoms with Gasteiger partial charge in [0, 0.05) is 11.7 Å². The van der Waals surface area contributed by atoms with E-state index in [1.807, 2.05) is 18.4 Å². The zero-order valence-electron chi connectivity index (χ0n) is 20.5. The molecular weight excluding hydrogens is 468 g/mol. The van der Waals surface area contributed by atoms with E-state index >= 15 is 0 Å². The van der Waals surface area contributed by atoms with E-state index in [0.717, 1.165) is 36.9 Å². The SMILES string of the molecule is Cc1c(C#N)c(NC(=O)COC(=O)[C@@H](NC(=O)c2ccccc2Cl)C(C)C)n(C2CCCC2)c1C. The van der Waals surface area contributed by atoms with E-state index in [-0.39, 0.29) is 22.5 Å². The van der Waals surface area contributed by atoms with Crippen LogP contribution in [0, 0.1) is 31.1 Å². The lowest BCUT2D eigenvalue weighted by Gasteiger charge is -2.21. The minimum Gasteiger partial charge on any atom is -0.454 e. The fourth-order valence-electron chi connectivity index (χ4n) is 4.46. The molecular formula is C26H31ClN4O4. The van der Waals surface area contributed by atoms with E-state index in [1.54, 1.807) is 38.1 Å². The van der Waals surface area contributed by atoms with Crippen molar-refractivity contribution in [2.45, 2.75) is 65.5 Å². The second-order valence-corrected chi connectivity index (χ2v) is 9.59. The van der Waals surface area contributed by atoms with Crippen molar-refractivity contribution in [1.82, 2.24) is 9.88 Å². The predicted molar refractivity (Wildman–Crippen MR) is 133 cm³/mol. The van der Waals surface area contributed by atoms with Crippen LogP contribution in [0.1, 0.15) is 72.8 Å². The smallest absolute Gasteiger partial charge is 0.329 e. The van der Waals surface area contributed by atoms with Crippen molar-refractivity contribution < 1.29 is 19.1 Å². The van der Waals surface area contributed by atoms with Gasteiger partial charge in [0.25, 0.3) is 11.8 Å². The zero-order valence-corrected chi connectivity index (χ0v) is 21.2. The van der Waals surface area contributed by atoms with Gasteiger partial charge in [-0.2, -0.15) is 5.26 Å². The number of carbonyl (C=O) groups excluding carboxylic acids is 3. The van der Waals surface area contributed by atoms with E-state index < -0.39 is 30.4 Å². The quantitative estimate of drug-likeness (QED) is 0.513. The maximum Gasteiger partial charge on any atom is 0.329 e. The molecule has 1 saturated carbocycles. The summed E-state index contributed by atoms with van der Waals surface area (Å²) in [6, 6.07) is 7.97. The fraction of sp³-hybridized carbons (Fsp3) is 0.462. The lowest BCUT2D eigenvalue weighted by molar-refractivity contribution is -0.150. The minimum atomic E-state index is -0.965. The van der Waals surface area contributed by atoms with Crippen molar-refractivity contribution >= 4 is 35.2 Å². The second-order valence-electron chi connectivity index (χ2n) is 9.18. The van der Waals surface area contributed by atoms with E-state index in [2.05, 4.69) is 16.7 Å². The van der Waals surface area contributed by atoms with E-state index in [1.165, 1.54) is 0 Å². The number of carbonyl (C=O) groups is 3. The summed E-state index contributed by atoms with van der Waals surface area (Å²) >= 11 is 6.08. The Morgan fingerprint density at radius 2 is 1.86 bits per heavy atom. The first-order valence-corrected chi connectivity index (χ1v) is 12.2. The Bertz CT molecular complexity index is 1160. The van der Waals surface area contributed by atoms with Gasteiger partial charge in [-0.15, -0.1) is 0 Å². The van der Waals surface area contributed by atoms with Crippen molar-refractivity contribution in [3.8, 4) is 6.07 Å². The average Bonchev–Trinajstić information content (AvgIpc) is 3.42. The molecule has 0 radical (unpaired) electrons. The third-order valence-corrected chi connectivity index (χ3v) is 6.82. The molecule has 2 amide bonds. The van der Waals surface area contributed by atoms with Crippen LogP contribution < -0.4 is 10.6 Å². The average molecular weight is 499 g/mol. The number of nitrogens with zero attached hydrogens (tertiary/aromatic N) is 2. The van der Waals surface area contributed by atoms with Gasteiger partial charge in [-0.05, 0) is 50.3 Å². The highest BCUT2D eigenvalue weighted by Crippen LogP contribution is 2.37. The van der Waals surface area contributed by atoms with Gasteiger partial charge < -0.3 is 19.9 Å². The lowest BCUT2D eigenvalue weighted by Crippen LogP contribution is -2.46. The first-order chi connectivity index (χ1) is 16.6. The third-order valence-electron chi connectivity index (χ3n) is 6.49. The maximum atomic E-state index is 12.7. The number of nitriles is 1. The van der Waals surface area contributed by atoms with Crippen molar-refractivity contribution in [3.05, 3.63) is 51.7 Å². The van der Waals surface area contributed by atoms with Crippen LogP contribution in [0.15, 0.2) is 24.3 Å². The molecule has 8 nitrogen and oxygen atoms in total. The summed E-state index contributed by atoms with van der Waals surface area (Å²) in [7, 11) is 0. The summed E-state index contributed by atoms with van der Waals surface area (Å²) in [6.07, 6.45) is 4.17. The van der Waals surface area contributed by atoms with Crippen LogP contribution in [-0.4, -0.2) is 35.0 Å². The number of amides is 2. The molecule has 1 aliphatic rings. The monoisotopic (exact) mass is 498 g/mol. The molecule has 0 unspecified atom stereocenters. The lowest BCUT2D eigenvalue weighted by atomic mass is 10.0. The highest BCUT2D eigenvalue weighted by atomic mass is 35.5. The van der Waals surface area contributed by atoms with Crippen LogP contribution in [0.4, 0.5) is 5.82 Å².